The molecule has 0 unspecified atom stereocenters. The van der Waals surface area contributed by atoms with E-state index >= 15 is 0 Å². The summed E-state index contributed by atoms with van der Waals surface area (Å²) in [4.78, 5) is 36.2. The normalized spacial score (nSPS) is 15.1. The van der Waals surface area contributed by atoms with E-state index in [1.807, 2.05) is 24.3 Å². The van der Waals surface area contributed by atoms with Gasteiger partial charge < -0.3 is 20.5 Å². The van der Waals surface area contributed by atoms with Crippen molar-refractivity contribution < 1.29 is 24.2 Å². The largest absolute Gasteiger partial charge is 0.478 e. The van der Waals surface area contributed by atoms with E-state index in [2.05, 4.69) is 34.9 Å². The lowest BCUT2D eigenvalue weighted by Crippen LogP contribution is -2.37. The Labute approximate surface area is 196 Å². The molecule has 3 aromatic rings. The summed E-state index contributed by atoms with van der Waals surface area (Å²) in [5, 5.41) is 14.5. The van der Waals surface area contributed by atoms with Gasteiger partial charge in [-0.3, -0.25) is 4.79 Å². The molecule has 0 saturated heterocycles. The summed E-state index contributed by atoms with van der Waals surface area (Å²) in [5.41, 5.74) is 4.61. The summed E-state index contributed by atoms with van der Waals surface area (Å²) in [5.74, 6) is -1.25. The van der Waals surface area contributed by atoms with Crippen molar-refractivity contribution in [2.75, 3.05) is 18.5 Å². The van der Waals surface area contributed by atoms with Crippen molar-refractivity contribution in [1.29, 1.82) is 0 Å². The first kappa shape index (κ1) is 21.7. The number of ether oxygens (including phenoxy) is 1. The van der Waals surface area contributed by atoms with Gasteiger partial charge in [0.25, 0.3) is 0 Å². The van der Waals surface area contributed by atoms with Gasteiger partial charge >= 0.3 is 12.1 Å². The number of alkyl carbamates (subject to hydrolysis) is 1. The molecule has 1 fully saturated rings. The molecule has 3 N–H and O–H groups in total. The first-order chi connectivity index (χ1) is 16.5. The first-order valence-corrected chi connectivity index (χ1v) is 11.2. The van der Waals surface area contributed by atoms with E-state index in [4.69, 9.17) is 9.84 Å². The number of carboxylic acids is 1. The van der Waals surface area contributed by atoms with Crippen molar-refractivity contribution in [2.24, 2.45) is 5.41 Å². The van der Waals surface area contributed by atoms with E-state index in [1.54, 1.807) is 12.1 Å². The summed E-state index contributed by atoms with van der Waals surface area (Å²) >= 11 is 0. The lowest BCUT2D eigenvalue weighted by Gasteiger charge is -2.18. The topological polar surface area (TPSA) is 105 Å². The number of benzene rings is 3. The number of fused-ring (bicyclic) bond motifs is 3. The Hall–Kier alpha value is -4.13. The molecule has 0 spiro atoms. The molecule has 2 aliphatic carbocycles. The number of aromatic carboxylic acids is 1. The molecule has 2 amide bonds. The van der Waals surface area contributed by atoms with Crippen molar-refractivity contribution in [3.05, 3.63) is 89.5 Å². The summed E-state index contributed by atoms with van der Waals surface area (Å²) in [6.07, 6.45) is 0.775. The Morgan fingerprint density at radius 3 is 2.03 bits per heavy atom. The maximum atomic E-state index is 12.8. The van der Waals surface area contributed by atoms with E-state index in [0.29, 0.717) is 18.5 Å². The second-order valence-electron chi connectivity index (χ2n) is 8.80. The van der Waals surface area contributed by atoms with E-state index in [1.165, 1.54) is 12.1 Å². The molecule has 34 heavy (non-hydrogen) atoms. The molecule has 3 aromatic carbocycles. The Bertz CT molecular complexity index is 1220. The summed E-state index contributed by atoms with van der Waals surface area (Å²) in [6.45, 7) is 0.400. The Morgan fingerprint density at radius 1 is 0.882 bits per heavy atom. The molecular formula is C27H24N2O5. The molecular weight excluding hydrogens is 432 g/mol. The molecule has 1 saturated carbocycles. The van der Waals surface area contributed by atoms with E-state index in [-0.39, 0.29) is 30.5 Å². The van der Waals surface area contributed by atoms with Gasteiger partial charge in [-0.15, -0.1) is 0 Å². The van der Waals surface area contributed by atoms with E-state index in [9.17, 15) is 14.4 Å². The molecule has 0 heterocycles. The van der Waals surface area contributed by atoms with Crippen LogP contribution in [0.4, 0.5) is 10.5 Å². The van der Waals surface area contributed by atoms with Gasteiger partial charge in [-0.25, -0.2) is 9.59 Å². The highest BCUT2D eigenvalue weighted by Gasteiger charge is 2.50. The van der Waals surface area contributed by atoms with Crippen LogP contribution in [0.2, 0.25) is 0 Å². The second-order valence-corrected chi connectivity index (χ2v) is 8.80. The van der Waals surface area contributed by atoms with Crippen LogP contribution in [0, 0.1) is 5.41 Å². The molecule has 7 heteroatoms. The number of carboxylic acid groups (broad SMARTS) is 1. The smallest absolute Gasteiger partial charge is 0.407 e. The number of carbonyl (C=O) groups excluding carboxylic acids is 2. The SMILES string of the molecule is O=C(NCC1(C(=O)Nc2ccc(C(=O)O)cc2)CC1)OCC1c2ccccc2-c2ccccc21. The maximum Gasteiger partial charge on any atom is 0.407 e. The van der Waals surface area contributed by atoms with Crippen molar-refractivity contribution in [1.82, 2.24) is 5.32 Å². The average molecular weight is 456 g/mol. The van der Waals surface area contributed by atoms with Crippen molar-refractivity contribution in [2.45, 2.75) is 18.8 Å². The lowest BCUT2D eigenvalue weighted by atomic mass is 9.98. The molecule has 0 bridgehead atoms. The van der Waals surface area contributed by atoms with Crippen LogP contribution >= 0.6 is 0 Å². The van der Waals surface area contributed by atoms with E-state index in [0.717, 1.165) is 22.3 Å². The third-order valence-corrected chi connectivity index (χ3v) is 6.64. The minimum Gasteiger partial charge on any atom is -0.478 e. The fourth-order valence-corrected chi connectivity index (χ4v) is 4.49. The van der Waals surface area contributed by atoms with Crippen LogP contribution in [0.3, 0.4) is 0 Å². The van der Waals surface area contributed by atoms with Gasteiger partial charge in [-0.05, 0) is 59.4 Å². The minimum absolute atomic E-state index is 0.0230. The van der Waals surface area contributed by atoms with Crippen molar-refractivity contribution in [3.63, 3.8) is 0 Å². The van der Waals surface area contributed by atoms with Crippen LogP contribution in [-0.2, 0) is 9.53 Å². The zero-order valence-corrected chi connectivity index (χ0v) is 18.4. The lowest BCUT2D eigenvalue weighted by molar-refractivity contribution is -0.120. The minimum atomic E-state index is -1.02. The Balaban J connectivity index is 1.16. The van der Waals surface area contributed by atoms with Gasteiger partial charge in [0.1, 0.15) is 6.61 Å². The molecule has 172 valence electrons. The quantitative estimate of drug-likeness (QED) is 0.480. The van der Waals surface area contributed by atoms with Crippen molar-refractivity contribution in [3.8, 4) is 11.1 Å². The number of hydrogen-bond donors (Lipinski definition) is 3. The van der Waals surface area contributed by atoms with Crippen LogP contribution in [0.5, 0.6) is 0 Å². The predicted octanol–water partition coefficient (Wildman–Crippen LogP) is 4.64. The highest BCUT2D eigenvalue weighted by Crippen LogP contribution is 2.46. The third kappa shape index (κ3) is 4.12. The fourth-order valence-electron chi connectivity index (χ4n) is 4.49. The van der Waals surface area contributed by atoms with Crippen molar-refractivity contribution >= 4 is 23.7 Å². The van der Waals surface area contributed by atoms with Gasteiger partial charge in [-0.1, -0.05) is 48.5 Å². The molecule has 5 rings (SSSR count). The number of rotatable bonds is 7. The van der Waals surface area contributed by atoms with Crippen LogP contribution in [-0.4, -0.2) is 36.2 Å². The highest BCUT2D eigenvalue weighted by atomic mass is 16.5. The molecule has 0 aliphatic heterocycles. The second kappa shape index (κ2) is 8.67. The van der Waals surface area contributed by atoms with E-state index < -0.39 is 17.5 Å². The zero-order valence-electron chi connectivity index (χ0n) is 18.4. The average Bonchev–Trinajstić information content (AvgIpc) is 3.59. The number of amides is 2. The number of nitrogens with one attached hydrogen (secondary N) is 2. The summed E-state index contributed by atoms with van der Waals surface area (Å²) < 4.78 is 5.56. The zero-order chi connectivity index (χ0) is 23.7. The van der Waals surface area contributed by atoms with Gasteiger partial charge in [0.05, 0.1) is 11.0 Å². The monoisotopic (exact) mass is 456 g/mol. The number of hydrogen-bond acceptors (Lipinski definition) is 4. The van der Waals surface area contributed by atoms with Gasteiger partial charge in [0.2, 0.25) is 5.91 Å². The molecule has 0 radical (unpaired) electrons. The standard InChI is InChI=1S/C27H24N2O5/c30-24(31)17-9-11-18(12-10-17)29-25(32)27(13-14-27)16-28-26(33)34-15-23-21-7-3-1-5-19(21)20-6-2-4-8-22(20)23/h1-12,23H,13-16H2,(H,28,33)(H,29,32)(H,30,31). The first-order valence-electron chi connectivity index (χ1n) is 11.2. The highest BCUT2D eigenvalue weighted by molar-refractivity contribution is 5.98. The molecule has 0 atom stereocenters. The number of anilines is 1. The molecule has 2 aliphatic rings. The van der Waals surface area contributed by atoms with Crippen LogP contribution in [0.25, 0.3) is 11.1 Å². The summed E-state index contributed by atoms with van der Waals surface area (Å²) in [6, 6.07) is 22.3. The number of carbonyl (C=O) groups is 3. The van der Waals surface area contributed by atoms with Crippen LogP contribution < -0.4 is 10.6 Å². The molecule has 0 aromatic heterocycles. The van der Waals surface area contributed by atoms with Crippen LogP contribution in [0.15, 0.2) is 72.8 Å². The van der Waals surface area contributed by atoms with Gasteiger partial charge in [0, 0.05) is 18.2 Å². The fraction of sp³-hybridized carbons (Fsp3) is 0.222. The Kier molecular flexibility index (Phi) is 5.53. The van der Waals surface area contributed by atoms with Crippen LogP contribution in [0.1, 0.15) is 40.2 Å². The van der Waals surface area contributed by atoms with Gasteiger partial charge in [-0.2, -0.15) is 0 Å². The Morgan fingerprint density at radius 2 is 1.47 bits per heavy atom. The van der Waals surface area contributed by atoms with Gasteiger partial charge in [0.15, 0.2) is 0 Å². The molecule has 7 nitrogen and oxygen atoms in total. The third-order valence-electron chi connectivity index (χ3n) is 6.64. The maximum absolute atomic E-state index is 12.8. The predicted molar refractivity (Wildman–Crippen MR) is 127 cm³/mol. The summed E-state index contributed by atoms with van der Waals surface area (Å²) in [7, 11) is 0.